The fraction of sp³-hybridized carbons (Fsp3) is 0.467. The smallest absolute Gasteiger partial charge is 0.246 e. The monoisotopic (exact) mass is 301 g/mol. The van der Waals surface area contributed by atoms with Gasteiger partial charge in [-0.1, -0.05) is 0 Å². The summed E-state index contributed by atoms with van der Waals surface area (Å²) in [7, 11) is 1.51. The molecule has 0 aliphatic heterocycles. The van der Waals surface area contributed by atoms with E-state index in [0.717, 1.165) is 11.3 Å². The predicted octanol–water partition coefficient (Wildman–Crippen LogP) is 0.980. The number of rotatable bonds is 7. The normalized spacial score (nSPS) is 14.0. The van der Waals surface area contributed by atoms with E-state index in [4.69, 9.17) is 4.74 Å². The van der Waals surface area contributed by atoms with Gasteiger partial charge < -0.3 is 10.1 Å². The highest BCUT2D eigenvalue weighted by Gasteiger charge is 2.31. The van der Waals surface area contributed by atoms with Gasteiger partial charge >= 0.3 is 0 Å². The second-order valence-corrected chi connectivity index (χ2v) is 5.31. The third-order valence-corrected chi connectivity index (χ3v) is 3.60. The average Bonchev–Trinajstić information content (AvgIpc) is 3.29. The van der Waals surface area contributed by atoms with Crippen LogP contribution in [-0.2, 0) is 16.1 Å². The van der Waals surface area contributed by atoms with Crippen molar-refractivity contribution in [3.63, 3.8) is 0 Å². The maximum atomic E-state index is 11.4. The summed E-state index contributed by atoms with van der Waals surface area (Å²) in [6.45, 7) is 1.25. The van der Waals surface area contributed by atoms with Gasteiger partial charge in [-0.15, -0.1) is 0 Å². The molecule has 0 aromatic carbocycles. The van der Waals surface area contributed by atoms with E-state index < -0.39 is 0 Å². The number of hydrogen-bond acceptors (Lipinski definition) is 5. The minimum absolute atomic E-state index is 0.0828. The highest BCUT2D eigenvalue weighted by Crippen LogP contribution is 2.43. The molecule has 22 heavy (non-hydrogen) atoms. The van der Waals surface area contributed by atoms with Crippen LogP contribution in [0.4, 0.5) is 0 Å². The van der Waals surface area contributed by atoms with Crippen molar-refractivity contribution in [3.8, 4) is 11.3 Å². The molecule has 2 heterocycles. The van der Waals surface area contributed by atoms with Crippen molar-refractivity contribution in [2.75, 3.05) is 20.3 Å². The Morgan fingerprint density at radius 2 is 2.27 bits per heavy atom. The summed E-state index contributed by atoms with van der Waals surface area (Å²) < 4.78 is 6.76. The highest BCUT2D eigenvalue weighted by atomic mass is 16.5. The van der Waals surface area contributed by atoms with Gasteiger partial charge in [0.25, 0.3) is 0 Å². The summed E-state index contributed by atoms with van der Waals surface area (Å²) >= 11 is 0. The van der Waals surface area contributed by atoms with Crippen molar-refractivity contribution >= 4 is 5.91 Å². The molecular weight excluding hydrogens is 282 g/mol. The molecule has 1 fully saturated rings. The first-order valence-corrected chi connectivity index (χ1v) is 7.37. The Kier molecular flexibility index (Phi) is 4.43. The van der Waals surface area contributed by atoms with Crippen LogP contribution in [0, 0.1) is 0 Å². The number of nitrogens with zero attached hydrogens (tertiary/aromatic N) is 4. The van der Waals surface area contributed by atoms with Crippen molar-refractivity contribution in [2.45, 2.75) is 25.3 Å². The average molecular weight is 301 g/mol. The van der Waals surface area contributed by atoms with Crippen LogP contribution in [0.1, 0.15) is 24.5 Å². The zero-order chi connectivity index (χ0) is 15.4. The van der Waals surface area contributed by atoms with Crippen molar-refractivity contribution in [2.24, 2.45) is 0 Å². The molecule has 0 radical (unpaired) electrons. The Labute approximate surface area is 128 Å². The van der Waals surface area contributed by atoms with E-state index in [1.54, 1.807) is 18.6 Å². The lowest BCUT2D eigenvalue weighted by Crippen LogP contribution is -2.30. The molecule has 0 saturated heterocycles. The highest BCUT2D eigenvalue weighted by molar-refractivity contribution is 5.77. The van der Waals surface area contributed by atoms with Crippen molar-refractivity contribution < 1.29 is 9.53 Å². The van der Waals surface area contributed by atoms with Crippen LogP contribution in [0.3, 0.4) is 0 Å². The van der Waals surface area contributed by atoms with Gasteiger partial charge in [-0.2, -0.15) is 5.10 Å². The maximum Gasteiger partial charge on any atom is 0.246 e. The zero-order valence-corrected chi connectivity index (χ0v) is 12.5. The molecule has 2 aromatic rings. The standard InChI is InChI=1S/C15H19N5O2/c1-22-10-14(21)18-6-7-20-15(11-2-3-11)12(8-19-20)13-9-16-4-5-17-13/h4-5,8-9,11H,2-3,6-7,10H2,1H3,(H,18,21). The van der Waals surface area contributed by atoms with Crippen LogP contribution in [0.2, 0.25) is 0 Å². The van der Waals surface area contributed by atoms with Gasteiger partial charge in [0.05, 0.1) is 30.3 Å². The van der Waals surface area contributed by atoms with Crippen molar-refractivity contribution in [3.05, 3.63) is 30.5 Å². The van der Waals surface area contributed by atoms with E-state index >= 15 is 0 Å². The van der Waals surface area contributed by atoms with Crippen LogP contribution in [-0.4, -0.2) is 45.9 Å². The molecule has 2 aromatic heterocycles. The van der Waals surface area contributed by atoms with E-state index in [1.165, 1.54) is 25.6 Å². The third-order valence-electron chi connectivity index (χ3n) is 3.60. The lowest BCUT2D eigenvalue weighted by atomic mass is 10.1. The summed E-state index contributed by atoms with van der Waals surface area (Å²) in [5.74, 6) is 0.422. The van der Waals surface area contributed by atoms with Gasteiger partial charge in [0.2, 0.25) is 5.91 Å². The van der Waals surface area contributed by atoms with E-state index in [9.17, 15) is 4.79 Å². The molecule has 7 nitrogen and oxygen atoms in total. The van der Waals surface area contributed by atoms with Gasteiger partial charge in [-0.25, -0.2) is 0 Å². The van der Waals surface area contributed by atoms with Crippen LogP contribution >= 0.6 is 0 Å². The SMILES string of the molecule is COCC(=O)NCCn1ncc(-c2cnccn2)c1C1CC1. The summed E-state index contributed by atoms with van der Waals surface area (Å²) in [5, 5.41) is 7.28. The van der Waals surface area contributed by atoms with Gasteiger partial charge in [-0.3, -0.25) is 19.4 Å². The van der Waals surface area contributed by atoms with Gasteiger partial charge in [0.15, 0.2) is 0 Å². The number of hydrogen-bond donors (Lipinski definition) is 1. The molecule has 1 amide bonds. The third kappa shape index (κ3) is 3.30. The topological polar surface area (TPSA) is 81.9 Å². The number of amides is 1. The van der Waals surface area contributed by atoms with E-state index in [2.05, 4.69) is 20.4 Å². The summed E-state index contributed by atoms with van der Waals surface area (Å²) in [6, 6.07) is 0. The van der Waals surface area contributed by atoms with Crippen LogP contribution in [0.25, 0.3) is 11.3 Å². The lowest BCUT2D eigenvalue weighted by Gasteiger charge is -2.09. The summed E-state index contributed by atoms with van der Waals surface area (Å²) in [6.07, 6.45) is 9.30. The maximum absolute atomic E-state index is 11.4. The molecule has 1 aliphatic carbocycles. The molecule has 116 valence electrons. The first-order chi connectivity index (χ1) is 10.8. The Morgan fingerprint density at radius 3 is 2.95 bits per heavy atom. The van der Waals surface area contributed by atoms with Gasteiger partial charge in [-0.05, 0) is 12.8 Å². The second-order valence-electron chi connectivity index (χ2n) is 5.31. The molecule has 0 spiro atoms. The Morgan fingerprint density at radius 1 is 1.41 bits per heavy atom. The molecule has 7 heteroatoms. The Balaban J connectivity index is 1.72. The van der Waals surface area contributed by atoms with E-state index in [0.29, 0.717) is 19.0 Å². The fourth-order valence-electron chi connectivity index (χ4n) is 2.48. The number of nitrogens with one attached hydrogen (secondary N) is 1. The molecule has 0 atom stereocenters. The fourth-order valence-corrected chi connectivity index (χ4v) is 2.48. The number of aromatic nitrogens is 4. The minimum atomic E-state index is -0.114. The van der Waals surface area contributed by atoms with Gasteiger partial charge in [0.1, 0.15) is 6.61 Å². The van der Waals surface area contributed by atoms with Crippen LogP contribution in [0.15, 0.2) is 24.8 Å². The first-order valence-electron chi connectivity index (χ1n) is 7.37. The van der Waals surface area contributed by atoms with E-state index in [-0.39, 0.29) is 12.5 Å². The molecule has 3 rings (SSSR count). The van der Waals surface area contributed by atoms with E-state index in [1.807, 2.05) is 10.9 Å². The minimum Gasteiger partial charge on any atom is -0.375 e. The van der Waals surface area contributed by atoms with Gasteiger partial charge in [0, 0.05) is 37.5 Å². The van der Waals surface area contributed by atoms with Crippen molar-refractivity contribution in [1.82, 2.24) is 25.1 Å². The second kappa shape index (κ2) is 6.65. The summed E-state index contributed by atoms with van der Waals surface area (Å²) in [4.78, 5) is 19.9. The molecule has 1 N–H and O–H groups in total. The largest absolute Gasteiger partial charge is 0.375 e. The molecule has 1 saturated carbocycles. The van der Waals surface area contributed by atoms with Crippen molar-refractivity contribution in [1.29, 1.82) is 0 Å². The quantitative estimate of drug-likeness (QED) is 0.824. The number of carbonyl (C=O) groups excluding carboxylic acids is 1. The number of methoxy groups -OCH3 is 1. The molecule has 0 bridgehead atoms. The zero-order valence-electron chi connectivity index (χ0n) is 12.5. The Hall–Kier alpha value is -2.28. The predicted molar refractivity (Wildman–Crippen MR) is 80.1 cm³/mol. The lowest BCUT2D eigenvalue weighted by molar-refractivity contribution is -0.124. The molecule has 1 aliphatic rings. The molecular formula is C15H19N5O2. The van der Waals surface area contributed by atoms with Crippen LogP contribution < -0.4 is 5.32 Å². The number of carbonyl (C=O) groups is 1. The Bertz CT molecular complexity index is 637. The summed E-state index contributed by atoms with van der Waals surface area (Å²) in [5.41, 5.74) is 3.08. The molecule has 0 unspecified atom stereocenters. The number of ether oxygens (including phenoxy) is 1. The van der Waals surface area contributed by atoms with Crippen LogP contribution in [0.5, 0.6) is 0 Å². The first kappa shape index (κ1) is 14.6.